The van der Waals surface area contributed by atoms with Crippen LogP contribution >= 0.6 is 0 Å². The summed E-state index contributed by atoms with van der Waals surface area (Å²) in [6.07, 6.45) is 0. The van der Waals surface area contributed by atoms with E-state index in [1.165, 1.54) is 0 Å². The molecule has 0 aromatic rings. The third kappa shape index (κ3) is 9.51. The first-order chi connectivity index (χ1) is 0. The molecular formula is H3BFeMnNi. The maximum absolute atomic E-state index is 0. The molecule has 0 aliphatic carbocycles. The van der Waals surface area contributed by atoms with Gasteiger partial charge in [-0.2, -0.15) is 0 Å². The third-order valence-corrected chi connectivity index (χ3v) is 0. The first-order valence-electron chi connectivity index (χ1n) is 0. The van der Waals surface area contributed by atoms with Gasteiger partial charge in [0.1, 0.15) is 0 Å². The van der Waals surface area contributed by atoms with E-state index in [2.05, 4.69) is 0 Å². The fourth-order valence-electron chi connectivity index (χ4n) is 0. The van der Waals surface area contributed by atoms with Crippen LogP contribution in [-0.2, 0) is 50.6 Å². The first kappa shape index (κ1) is 46.4. The van der Waals surface area contributed by atoms with E-state index in [1.54, 1.807) is 0 Å². The molecule has 0 aliphatic rings. The minimum Gasteiger partial charge on any atom is 0 e. The van der Waals surface area contributed by atoms with E-state index in [-0.39, 0.29) is 59.0 Å². The van der Waals surface area contributed by atoms with Gasteiger partial charge in [0.25, 0.3) is 0 Å². The Labute approximate surface area is 58.9 Å². The molecule has 0 unspecified atom stereocenters. The van der Waals surface area contributed by atoms with Gasteiger partial charge in [-0.05, 0) is 0 Å². The van der Waals surface area contributed by atoms with Crippen molar-refractivity contribution in [3.63, 3.8) is 0 Å². The summed E-state index contributed by atoms with van der Waals surface area (Å²) >= 11 is 0. The van der Waals surface area contributed by atoms with Gasteiger partial charge < -0.3 is 0 Å². The van der Waals surface area contributed by atoms with Crippen LogP contribution in [0.5, 0.6) is 0 Å². The molecule has 31 valence electrons. The predicted octanol–water partition coefficient (Wildman–Crippen LogP) is -1.19. The molecule has 0 aromatic carbocycles. The van der Waals surface area contributed by atoms with Crippen molar-refractivity contribution in [2.24, 2.45) is 0 Å². The van der Waals surface area contributed by atoms with Crippen LogP contribution in [0.2, 0.25) is 0 Å². The van der Waals surface area contributed by atoms with Gasteiger partial charge in [0.15, 0.2) is 0 Å². The average Bonchev–Trinajstić information content (AvgIpc) is 0. The van der Waals surface area contributed by atoms with Gasteiger partial charge in [-0.25, -0.2) is 0 Å². The first-order valence-corrected chi connectivity index (χ1v) is 0. The van der Waals surface area contributed by atoms with Crippen molar-refractivity contribution >= 4 is 8.41 Å². The summed E-state index contributed by atoms with van der Waals surface area (Å²) in [5.74, 6) is 0. The minimum absolute atomic E-state index is 0. The molecule has 0 amide bonds. The van der Waals surface area contributed by atoms with Crippen LogP contribution in [0.25, 0.3) is 0 Å². The second-order valence-corrected chi connectivity index (χ2v) is 0. The van der Waals surface area contributed by atoms with E-state index in [4.69, 9.17) is 0 Å². The van der Waals surface area contributed by atoms with Crippen molar-refractivity contribution in [2.75, 3.05) is 0 Å². The van der Waals surface area contributed by atoms with Crippen molar-refractivity contribution in [3.8, 4) is 0 Å². The summed E-state index contributed by atoms with van der Waals surface area (Å²) in [7, 11) is 0. The summed E-state index contributed by atoms with van der Waals surface area (Å²) in [6, 6.07) is 0. The topological polar surface area (TPSA) is 0 Å². The molecule has 0 spiro atoms. The van der Waals surface area contributed by atoms with E-state index in [0.717, 1.165) is 0 Å². The Kier molecular flexibility index (Phi) is 270. The number of rotatable bonds is 0. The molecule has 0 aromatic heterocycles. The van der Waals surface area contributed by atoms with Crippen LogP contribution in [0.15, 0.2) is 0 Å². The molecule has 1 radical (unpaired) electrons. The van der Waals surface area contributed by atoms with Gasteiger partial charge in [-0.3, -0.25) is 0 Å². The molecule has 0 bridgehead atoms. The van der Waals surface area contributed by atoms with E-state index < -0.39 is 0 Å². The van der Waals surface area contributed by atoms with E-state index >= 15 is 0 Å². The zero-order valence-corrected chi connectivity index (χ0v) is 4.32. The molecule has 0 saturated heterocycles. The van der Waals surface area contributed by atoms with Crippen molar-refractivity contribution in [1.82, 2.24) is 0 Å². The van der Waals surface area contributed by atoms with Crippen LogP contribution in [0.4, 0.5) is 0 Å². The van der Waals surface area contributed by atoms with Crippen LogP contribution in [0, 0.1) is 0 Å². The Morgan fingerprint density at radius 1 is 1.00 bits per heavy atom. The summed E-state index contributed by atoms with van der Waals surface area (Å²) < 4.78 is 0. The van der Waals surface area contributed by atoms with Gasteiger partial charge in [0, 0.05) is 50.6 Å². The smallest absolute Gasteiger partial charge is 0 e. The zero-order chi connectivity index (χ0) is 0. The van der Waals surface area contributed by atoms with Gasteiger partial charge in [0.05, 0.1) is 8.41 Å². The second kappa shape index (κ2) is 23.3. The van der Waals surface area contributed by atoms with Crippen molar-refractivity contribution in [3.05, 3.63) is 0 Å². The van der Waals surface area contributed by atoms with Crippen molar-refractivity contribution in [2.45, 2.75) is 0 Å². The van der Waals surface area contributed by atoms with Gasteiger partial charge in [0.2, 0.25) is 0 Å². The fourth-order valence-corrected chi connectivity index (χ4v) is 0. The third-order valence-electron chi connectivity index (χ3n) is 0. The average molecular weight is 183 g/mol. The second-order valence-electron chi connectivity index (χ2n) is 0. The number of hydrogen-bond donors (Lipinski definition) is 0. The van der Waals surface area contributed by atoms with E-state index in [9.17, 15) is 0 Å². The van der Waals surface area contributed by atoms with E-state index in [1.807, 2.05) is 0 Å². The SMILES string of the molecule is B.[Fe].[Mn].[Ni]. The Morgan fingerprint density at radius 2 is 1.00 bits per heavy atom. The molecule has 4 heteroatoms. The van der Waals surface area contributed by atoms with Gasteiger partial charge in [-0.1, -0.05) is 0 Å². The molecule has 0 aliphatic heterocycles. The van der Waals surface area contributed by atoms with Gasteiger partial charge in [-0.15, -0.1) is 0 Å². The van der Waals surface area contributed by atoms with Crippen LogP contribution < -0.4 is 0 Å². The molecule has 0 saturated carbocycles. The predicted molar refractivity (Wildman–Crippen MR) is 9.94 cm³/mol. The summed E-state index contributed by atoms with van der Waals surface area (Å²) in [4.78, 5) is 0. The Morgan fingerprint density at radius 3 is 1.00 bits per heavy atom. The zero-order valence-electron chi connectivity index (χ0n) is 1.05. The summed E-state index contributed by atoms with van der Waals surface area (Å²) in [5.41, 5.74) is 0. The van der Waals surface area contributed by atoms with Gasteiger partial charge >= 0.3 is 0 Å². The summed E-state index contributed by atoms with van der Waals surface area (Å²) in [5, 5.41) is 0. The quantitative estimate of drug-likeness (QED) is 0.414. The molecule has 0 N–H and O–H groups in total. The molecule has 0 heterocycles. The maximum Gasteiger partial charge on any atom is 0.0814 e. The molecule has 0 atom stereocenters. The fraction of sp³-hybridized carbons (Fsp3) is 0. The van der Waals surface area contributed by atoms with Crippen molar-refractivity contribution < 1.29 is 50.6 Å². The maximum atomic E-state index is 0. The molecule has 0 rings (SSSR count). The molecular weight excluding hydrogens is 180 g/mol. The van der Waals surface area contributed by atoms with Crippen LogP contribution in [-0.4, -0.2) is 8.41 Å². The number of hydrogen-bond acceptors (Lipinski definition) is 0. The van der Waals surface area contributed by atoms with Crippen LogP contribution in [0.3, 0.4) is 0 Å². The van der Waals surface area contributed by atoms with Crippen molar-refractivity contribution in [1.29, 1.82) is 0 Å². The minimum atomic E-state index is 0. The normalized spacial score (nSPS) is 0. The molecule has 0 fully saturated rings. The van der Waals surface area contributed by atoms with Crippen LogP contribution in [0.1, 0.15) is 0 Å². The van der Waals surface area contributed by atoms with E-state index in [0.29, 0.717) is 0 Å². The Balaban J connectivity index is 0. The Bertz CT molecular complexity index is 8.00. The largest absolute Gasteiger partial charge is 0.0814 e. The molecule has 4 heavy (non-hydrogen) atoms. The summed E-state index contributed by atoms with van der Waals surface area (Å²) in [6.45, 7) is 0. The Hall–Kier alpha value is 1.60. The molecule has 0 nitrogen and oxygen atoms in total. The monoisotopic (exact) mass is 183 g/mol. The standard InChI is InChI=1S/BH3.Fe.Mn.Ni/h1H3;;;.